The first-order valence-corrected chi connectivity index (χ1v) is 7.31. The molecule has 0 spiro atoms. The molecule has 0 unspecified atom stereocenters. The van der Waals surface area contributed by atoms with Crippen molar-refractivity contribution < 1.29 is 12.8 Å². The van der Waals surface area contributed by atoms with Gasteiger partial charge in [-0.05, 0) is 30.3 Å². The third kappa shape index (κ3) is 3.09. The zero-order valence-electron chi connectivity index (χ0n) is 11.0. The maximum atomic E-state index is 13.2. The van der Waals surface area contributed by atoms with Crippen LogP contribution in [0.3, 0.4) is 0 Å². The first kappa shape index (κ1) is 14.7. The van der Waals surface area contributed by atoms with Crippen LogP contribution in [0, 0.1) is 17.1 Å². The highest BCUT2D eigenvalue weighted by atomic mass is 32.2. The number of sulfonamides is 1. The van der Waals surface area contributed by atoms with E-state index in [1.807, 2.05) is 0 Å². The standard InChI is InChI=1S/C13H11FN4O2S/c1-16-13-12(3-2-6-17-13)21(19,20)18-10-4-5-11(14)9(7-10)8-15/h2-7,18H,1H3,(H,16,17). The Kier molecular flexibility index (Phi) is 4.05. The van der Waals surface area contributed by atoms with Crippen molar-refractivity contribution in [2.24, 2.45) is 0 Å². The van der Waals surface area contributed by atoms with Gasteiger partial charge >= 0.3 is 0 Å². The molecule has 2 rings (SSSR count). The smallest absolute Gasteiger partial charge is 0.265 e. The van der Waals surface area contributed by atoms with E-state index in [0.29, 0.717) is 0 Å². The molecule has 2 aromatic rings. The van der Waals surface area contributed by atoms with Crippen molar-refractivity contribution >= 4 is 21.5 Å². The quantitative estimate of drug-likeness (QED) is 0.900. The summed E-state index contributed by atoms with van der Waals surface area (Å²) in [6.07, 6.45) is 1.45. The predicted molar refractivity (Wildman–Crippen MR) is 75.7 cm³/mol. The van der Waals surface area contributed by atoms with Crippen LogP contribution in [0.2, 0.25) is 0 Å². The lowest BCUT2D eigenvalue weighted by Gasteiger charge is -2.11. The van der Waals surface area contributed by atoms with Gasteiger partial charge in [-0.1, -0.05) is 0 Å². The van der Waals surface area contributed by atoms with Crippen LogP contribution in [0.15, 0.2) is 41.4 Å². The zero-order valence-corrected chi connectivity index (χ0v) is 11.8. The average Bonchev–Trinajstić information content (AvgIpc) is 2.49. The van der Waals surface area contributed by atoms with Gasteiger partial charge in [-0.25, -0.2) is 17.8 Å². The van der Waals surface area contributed by atoms with Crippen molar-refractivity contribution in [2.75, 3.05) is 17.1 Å². The maximum Gasteiger partial charge on any atom is 0.265 e. The minimum Gasteiger partial charge on any atom is -0.372 e. The number of aromatic nitrogens is 1. The largest absolute Gasteiger partial charge is 0.372 e. The Hall–Kier alpha value is -2.66. The second kappa shape index (κ2) is 5.76. The van der Waals surface area contributed by atoms with Crippen molar-refractivity contribution in [3.8, 4) is 6.07 Å². The highest BCUT2D eigenvalue weighted by Crippen LogP contribution is 2.22. The molecule has 2 N–H and O–H groups in total. The van der Waals surface area contributed by atoms with Gasteiger partial charge in [-0.3, -0.25) is 4.72 Å². The third-order valence-electron chi connectivity index (χ3n) is 2.64. The summed E-state index contributed by atoms with van der Waals surface area (Å²) in [5.41, 5.74) is -0.144. The van der Waals surface area contributed by atoms with Gasteiger partial charge in [0.15, 0.2) is 0 Å². The Morgan fingerprint density at radius 3 is 2.76 bits per heavy atom. The van der Waals surface area contributed by atoms with Gasteiger partial charge < -0.3 is 5.32 Å². The van der Waals surface area contributed by atoms with Gasteiger partial charge in [0.05, 0.1) is 11.3 Å². The maximum absolute atomic E-state index is 13.2. The molecule has 108 valence electrons. The van der Waals surface area contributed by atoms with E-state index in [1.165, 1.54) is 24.4 Å². The summed E-state index contributed by atoms with van der Waals surface area (Å²) in [5, 5.41) is 11.4. The molecular weight excluding hydrogens is 295 g/mol. The van der Waals surface area contributed by atoms with E-state index < -0.39 is 15.8 Å². The molecule has 0 saturated heterocycles. The highest BCUT2D eigenvalue weighted by molar-refractivity contribution is 7.92. The van der Waals surface area contributed by atoms with Crippen LogP contribution >= 0.6 is 0 Å². The normalized spacial score (nSPS) is 10.7. The van der Waals surface area contributed by atoms with E-state index in [-0.39, 0.29) is 22.0 Å². The van der Waals surface area contributed by atoms with Crippen LogP contribution in [-0.4, -0.2) is 20.4 Å². The van der Waals surface area contributed by atoms with Crippen molar-refractivity contribution in [3.05, 3.63) is 47.9 Å². The highest BCUT2D eigenvalue weighted by Gasteiger charge is 2.19. The summed E-state index contributed by atoms with van der Waals surface area (Å²) in [6, 6.07) is 7.91. The lowest BCUT2D eigenvalue weighted by molar-refractivity contribution is 0.601. The molecule has 6 nitrogen and oxygen atoms in total. The van der Waals surface area contributed by atoms with Crippen LogP contribution < -0.4 is 10.0 Å². The van der Waals surface area contributed by atoms with Gasteiger partial charge in [0, 0.05) is 13.2 Å². The molecule has 0 aliphatic carbocycles. The molecular formula is C13H11FN4O2S. The molecule has 8 heteroatoms. The van der Waals surface area contributed by atoms with Crippen molar-refractivity contribution in [1.29, 1.82) is 5.26 Å². The van der Waals surface area contributed by atoms with Gasteiger partial charge in [0.25, 0.3) is 10.0 Å². The average molecular weight is 306 g/mol. The summed E-state index contributed by atoms with van der Waals surface area (Å²) >= 11 is 0. The lowest BCUT2D eigenvalue weighted by atomic mass is 10.2. The SMILES string of the molecule is CNc1ncccc1S(=O)(=O)Nc1ccc(F)c(C#N)c1. The van der Waals surface area contributed by atoms with Crippen molar-refractivity contribution in [1.82, 2.24) is 4.98 Å². The van der Waals surface area contributed by atoms with Crippen LogP contribution in [-0.2, 0) is 10.0 Å². The van der Waals surface area contributed by atoms with Crippen LogP contribution in [0.4, 0.5) is 15.9 Å². The molecule has 1 aromatic heterocycles. The van der Waals surface area contributed by atoms with E-state index in [1.54, 1.807) is 13.1 Å². The fraction of sp³-hybridized carbons (Fsp3) is 0.0769. The number of nitrogens with zero attached hydrogens (tertiary/aromatic N) is 2. The topological polar surface area (TPSA) is 94.9 Å². The second-order valence-electron chi connectivity index (χ2n) is 4.01. The number of nitrogens with one attached hydrogen (secondary N) is 2. The molecule has 0 amide bonds. The Bertz CT molecular complexity index is 815. The minimum absolute atomic E-state index is 0.0460. The summed E-state index contributed by atoms with van der Waals surface area (Å²) in [5.74, 6) is -0.523. The minimum atomic E-state index is -3.90. The van der Waals surface area contributed by atoms with E-state index in [2.05, 4.69) is 15.0 Å². The summed E-state index contributed by atoms with van der Waals surface area (Å²) in [7, 11) is -2.35. The first-order chi connectivity index (χ1) is 9.97. The van der Waals surface area contributed by atoms with Crippen molar-refractivity contribution in [3.63, 3.8) is 0 Å². The second-order valence-corrected chi connectivity index (χ2v) is 5.66. The van der Waals surface area contributed by atoms with Gasteiger partial charge in [-0.2, -0.15) is 5.26 Å². The molecule has 0 atom stereocenters. The molecule has 0 saturated carbocycles. The Morgan fingerprint density at radius 1 is 1.33 bits per heavy atom. The number of hydrogen-bond acceptors (Lipinski definition) is 5. The lowest BCUT2D eigenvalue weighted by Crippen LogP contribution is -2.15. The Balaban J connectivity index is 2.40. The van der Waals surface area contributed by atoms with Crippen LogP contribution in [0.1, 0.15) is 5.56 Å². The number of rotatable bonds is 4. The zero-order chi connectivity index (χ0) is 15.5. The van der Waals surface area contributed by atoms with E-state index in [4.69, 9.17) is 5.26 Å². The molecule has 0 fully saturated rings. The first-order valence-electron chi connectivity index (χ1n) is 5.83. The number of hydrogen-bond donors (Lipinski definition) is 2. The van der Waals surface area contributed by atoms with E-state index in [0.717, 1.165) is 12.1 Å². The number of benzene rings is 1. The third-order valence-corrected chi connectivity index (χ3v) is 4.05. The fourth-order valence-electron chi connectivity index (χ4n) is 1.68. The molecule has 21 heavy (non-hydrogen) atoms. The van der Waals surface area contributed by atoms with Crippen LogP contribution in [0.5, 0.6) is 0 Å². The monoisotopic (exact) mass is 306 g/mol. The van der Waals surface area contributed by atoms with Crippen LogP contribution in [0.25, 0.3) is 0 Å². The van der Waals surface area contributed by atoms with E-state index >= 15 is 0 Å². The summed E-state index contributed by atoms with van der Waals surface area (Å²) in [4.78, 5) is 3.86. The number of nitriles is 1. The Morgan fingerprint density at radius 2 is 2.10 bits per heavy atom. The number of halogens is 1. The van der Waals surface area contributed by atoms with Gasteiger partial charge in [0.2, 0.25) is 0 Å². The number of anilines is 2. The summed E-state index contributed by atoms with van der Waals surface area (Å²) < 4.78 is 40.1. The fourth-order valence-corrected chi connectivity index (χ4v) is 2.89. The molecule has 0 aliphatic rings. The number of pyridine rings is 1. The van der Waals surface area contributed by atoms with Gasteiger partial charge in [-0.15, -0.1) is 0 Å². The molecule has 1 heterocycles. The van der Waals surface area contributed by atoms with Gasteiger partial charge in [0.1, 0.15) is 22.6 Å². The molecule has 1 aromatic carbocycles. The molecule has 0 bridgehead atoms. The molecule has 0 aliphatic heterocycles. The Labute approximate surface area is 121 Å². The molecule has 0 radical (unpaired) electrons. The van der Waals surface area contributed by atoms with Crippen molar-refractivity contribution in [2.45, 2.75) is 4.90 Å². The summed E-state index contributed by atoms with van der Waals surface area (Å²) in [6.45, 7) is 0. The predicted octanol–water partition coefficient (Wildman–Crippen LogP) is 1.93. The van der Waals surface area contributed by atoms with E-state index in [9.17, 15) is 12.8 Å².